The lowest BCUT2D eigenvalue weighted by Gasteiger charge is -2.15. The normalized spacial score (nSPS) is 13.2. The third-order valence-electron chi connectivity index (χ3n) is 5.81. The Bertz CT molecular complexity index is 1190. The predicted octanol–water partition coefficient (Wildman–Crippen LogP) is 2.73. The molecule has 9 nitrogen and oxygen atoms in total. The van der Waals surface area contributed by atoms with Crippen LogP contribution >= 0.6 is 0 Å². The first-order valence-corrected chi connectivity index (χ1v) is 10.1. The molecule has 0 saturated heterocycles. The van der Waals surface area contributed by atoms with E-state index in [0.717, 1.165) is 16.0 Å². The molecule has 0 bridgehead atoms. The summed E-state index contributed by atoms with van der Waals surface area (Å²) in [6.45, 7) is 4.20. The summed E-state index contributed by atoms with van der Waals surface area (Å²) in [5.41, 5.74) is 2.89. The number of carboxylic acids is 1. The fraction of sp³-hybridized carbons (Fsp3) is 0.304. The number of ether oxygens (including phenoxy) is 3. The standard InChI is InChI=1S/C23H24N2O7/c1-13-14(2)25(29)23(24(13)11-15-4-7-19-21(8-15)32-12-31-19)17(10-22(27)28)16-5-6-18(26)20(9-16)30-3/h4-9,17H,10-12H2,1-3H3,(H2-,26,27,28,29)/p+1. The number of aromatic hydroxyl groups is 1. The first-order chi connectivity index (χ1) is 15.3. The molecule has 3 N–H and O–H groups in total. The number of benzene rings is 2. The number of phenolic OH excluding ortho intramolecular Hbond substituents is 1. The summed E-state index contributed by atoms with van der Waals surface area (Å²) in [5, 5.41) is 30.5. The number of carboxylic acid groups (broad SMARTS) is 1. The quantitative estimate of drug-likeness (QED) is 0.382. The number of aliphatic carboxylic acids is 1. The van der Waals surface area contributed by atoms with Crippen molar-refractivity contribution < 1.29 is 39.0 Å². The van der Waals surface area contributed by atoms with E-state index in [2.05, 4.69) is 0 Å². The van der Waals surface area contributed by atoms with Crippen molar-refractivity contribution in [3.63, 3.8) is 0 Å². The molecule has 1 unspecified atom stereocenters. The van der Waals surface area contributed by atoms with Gasteiger partial charge in [-0.2, -0.15) is 0 Å². The Morgan fingerprint density at radius 2 is 1.94 bits per heavy atom. The third-order valence-corrected chi connectivity index (χ3v) is 5.81. The molecule has 9 heteroatoms. The highest BCUT2D eigenvalue weighted by atomic mass is 16.7. The summed E-state index contributed by atoms with van der Waals surface area (Å²) >= 11 is 0. The van der Waals surface area contributed by atoms with Crippen LogP contribution in [0.3, 0.4) is 0 Å². The average molecular weight is 441 g/mol. The van der Waals surface area contributed by atoms with Crippen LogP contribution in [0.4, 0.5) is 0 Å². The van der Waals surface area contributed by atoms with Gasteiger partial charge in [0.2, 0.25) is 6.79 Å². The Morgan fingerprint density at radius 3 is 2.66 bits per heavy atom. The van der Waals surface area contributed by atoms with Crippen LogP contribution in [-0.2, 0) is 11.3 Å². The van der Waals surface area contributed by atoms with Gasteiger partial charge in [0.1, 0.15) is 12.2 Å². The van der Waals surface area contributed by atoms with Crippen LogP contribution in [0, 0.1) is 13.8 Å². The van der Waals surface area contributed by atoms with Crippen LogP contribution in [0.15, 0.2) is 36.4 Å². The van der Waals surface area contributed by atoms with Crippen LogP contribution in [-0.4, -0.2) is 40.0 Å². The molecule has 1 atom stereocenters. The number of methoxy groups -OCH3 is 1. The zero-order chi connectivity index (χ0) is 23.0. The van der Waals surface area contributed by atoms with Gasteiger partial charge in [0.15, 0.2) is 28.7 Å². The maximum atomic E-state index is 11.8. The van der Waals surface area contributed by atoms with Crippen LogP contribution < -0.4 is 18.8 Å². The lowest BCUT2D eigenvalue weighted by molar-refractivity contribution is -0.703. The second-order valence-electron chi connectivity index (χ2n) is 7.70. The van der Waals surface area contributed by atoms with Crippen molar-refractivity contribution in [1.82, 2.24) is 4.73 Å². The van der Waals surface area contributed by atoms with Crippen molar-refractivity contribution in [3.8, 4) is 23.0 Å². The molecular weight excluding hydrogens is 416 g/mol. The minimum atomic E-state index is -1.02. The third kappa shape index (κ3) is 3.77. The molecule has 0 saturated carbocycles. The SMILES string of the molecule is COc1cc(C(CC(=O)O)c2n(O)c(C)c(C)[n+]2Cc2ccc3c(c2)OCO3)ccc1O. The Labute approximate surface area is 184 Å². The molecule has 0 radical (unpaired) electrons. The van der Waals surface area contributed by atoms with Gasteiger partial charge in [-0.3, -0.25) is 4.79 Å². The molecule has 0 amide bonds. The molecule has 32 heavy (non-hydrogen) atoms. The number of fused-ring (bicyclic) bond motifs is 1. The number of carbonyl (C=O) groups is 1. The van der Waals surface area contributed by atoms with Crippen molar-refractivity contribution >= 4 is 5.97 Å². The molecule has 4 rings (SSSR count). The van der Waals surface area contributed by atoms with Crippen LogP contribution in [0.5, 0.6) is 23.0 Å². The van der Waals surface area contributed by atoms with Gasteiger partial charge < -0.3 is 29.6 Å². The molecule has 0 aliphatic carbocycles. The number of aromatic nitrogens is 2. The Hall–Kier alpha value is -3.88. The van der Waals surface area contributed by atoms with E-state index in [-0.39, 0.29) is 24.7 Å². The van der Waals surface area contributed by atoms with Crippen LogP contribution in [0.2, 0.25) is 0 Å². The van der Waals surface area contributed by atoms with E-state index < -0.39 is 11.9 Å². The number of nitrogens with zero attached hydrogens (tertiary/aromatic N) is 2. The minimum Gasteiger partial charge on any atom is -0.504 e. The van der Waals surface area contributed by atoms with Gasteiger partial charge in [0.05, 0.1) is 19.4 Å². The highest BCUT2D eigenvalue weighted by Crippen LogP contribution is 2.35. The van der Waals surface area contributed by atoms with E-state index in [1.54, 1.807) is 19.1 Å². The summed E-state index contributed by atoms with van der Waals surface area (Å²) in [5.74, 6) is 0.184. The number of hydrogen-bond donors (Lipinski definition) is 3. The summed E-state index contributed by atoms with van der Waals surface area (Å²) < 4.78 is 19.0. The molecule has 0 fully saturated rings. The fourth-order valence-electron chi connectivity index (χ4n) is 4.01. The van der Waals surface area contributed by atoms with Gasteiger partial charge in [-0.15, -0.1) is 0 Å². The van der Waals surface area contributed by atoms with Crippen LogP contribution in [0.25, 0.3) is 0 Å². The number of imidazole rings is 1. The lowest BCUT2D eigenvalue weighted by Crippen LogP contribution is -2.42. The first-order valence-electron chi connectivity index (χ1n) is 10.1. The number of phenols is 1. The fourth-order valence-corrected chi connectivity index (χ4v) is 4.01. The topological polar surface area (TPSA) is 114 Å². The van der Waals surface area contributed by atoms with E-state index >= 15 is 0 Å². The largest absolute Gasteiger partial charge is 0.504 e. The second-order valence-corrected chi connectivity index (χ2v) is 7.70. The predicted molar refractivity (Wildman–Crippen MR) is 112 cm³/mol. The van der Waals surface area contributed by atoms with Gasteiger partial charge in [-0.25, -0.2) is 4.57 Å². The molecule has 2 aromatic carbocycles. The van der Waals surface area contributed by atoms with Crippen LogP contribution in [0.1, 0.15) is 40.7 Å². The van der Waals surface area contributed by atoms with Crippen molar-refractivity contribution in [2.45, 2.75) is 32.7 Å². The van der Waals surface area contributed by atoms with E-state index in [1.807, 2.05) is 29.7 Å². The van der Waals surface area contributed by atoms with Crippen molar-refractivity contribution in [1.29, 1.82) is 0 Å². The van der Waals surface area contributed by atoms with Gasteiger partial charge in [0, 0.05) is 13.8 Å². The zero-order valence-electron chi connectivity index (χ0n) is 18.0. The molecule has 1 aromatic heterocycles. The number of hydrogen-bond acceptors (Lipinski definition) is 6. The van der Waals surface area contributed by atoms with E-state index in [9.17, 15) is 20.2 Å². The lowest BCUT2D eigenvalue weighted by atomic mass is 9.94. The smallest absolute Gasteiger partial charge is 0.305 e. The average Bonchev–Trinajstić information content (AvgIpc) is 3.31. The first kappa shape index (κ1) is 21.4. The Balaban J connectivity index is 1.82. The molecule has 0 spiro atoms. The second kappa shape index (κ2) is 8.33. The highest BCUT2D eigenvalue weighted by Gasteiger charge is 2.36. The summed E-state index contributed by atoms with van der Waals surface area (Å²) in [7, 11) is 1.42. The van der Waals surface area contributed by atoms with Gasteiger partial charge in [0.25, 0.3) is 0 Å². The van der Waals surface area contributed by atoms with E-state index in [4.69, 9.17) is 14.2 Å². The van der Waals surface area contributed by atoms with E-state index in [0.29, 0.717) is 35.1 Å². The van der Waals surface area contributed by atoms with E-state index in [1.165, 1.54) is 13.2 Å². The maximum absolute atomic E-state index is 11.8. The van der Waals surface area contributed by atoms with Crippen molar-refractivity contribution in [3.05, 3.63) is 64.7 Å². The van der Waals surface area contributed by atoms with Crippen molar-refractivity contribution in [2.75, 3.05) is 13.9 Å². The molecule has 168 valence electrons. The molecule has 1 aliphatic heterocycles. The summed E-state index contributed by atoms with van der Waals surface area (Å²) in [4.78, 5) is 11.8. The van der Waals surface area contributed by atoms with Crippen molar-refractivity contribution in [2.24, 2.45) is 0 Å². The zero-order valence-corrected chi connectivity index (χ0v) is 18.0. The Morgan fingerprint density at radius 1 is 1.19 bits per heavy atom. The molecule has 3 aromatic rings. The highest BCUT2D eigenvalue weighted by molar-refractivity contribution is 5.68. The maximum Gasteiger partial charge on any atom is 0.305 e. The molecule has 1 aliphatic rings. The summed E-state index contributed by atoms with van der Waals surface area (Å²) in [6, 6.07) is 10.3. The molecular formula is C23H25N2O7+. The monoisotopic (exact) mass is 441 g/mol. The summed E-state index contributed by atoms with van der Waals surface area (Å²) in [6.07, 6.45) is -0.265. The number of rotatable bonds is 7. The van der Waals surface area contributed by atoms with Gasteiger partial charge >= 0.3 is 11.8 Å². The van der Waals surface area contributed by atoms with Gasteiger partial charge in [-0.05, 0) is 40.1 Å². The van der Waals surface area contributed by atoms with Gasteiger partial charge in [-0.1, -0.05) is 12.1 Å². The molecule has 2 heterocycles. The minimum absolute atomic E-state index is 0.0506. The Kier molecular flexibility index (Phi) is 5.56.